The number of benzene rings is 2. The molecule has 0 aliphatic rings. The number of anilines is 1. The zero-order valence-corrected chi connectivity index (χ0v) is 12.6. The van der Waals surface area contributed by atoms with Gasteiger partial charge in [-0.1, -0.05) is 18.2 Å². The van der Waals surface area contributed by atoms with Gasteiger partial charge in [-0.15, -0.1) is 0 Å². The molecule has 1 N–H and O–H groups in total. The van der Waals surface area contributed by atoms with Gasteiger partial charge in [-0.3, -0.25) is 0 Å². The predicted octanol–water partition coefficient (Wildman–Crippen LogP) is 4.66. The molecule has 94 valence electrons. The fourth-order valence-corrected chi connectivity index (χ4v) is 2.49. The fourth-order valence-electron chi connectivity index (χ4n) is 1.83. The third kappa shape index (κ3) is 3.02. The Kier molecular flexibility index (Phi) is 4.22. The topological polar surface area (TPSA) is 12.0 Å². The molecular formula is C15H15FIN. The summed E-state index contributed by atoms with van der Waals surface area (Å²) in [5, 5.41) is 3.35. The maximum atomic E-state index is 13.0. The Balaban J connectivity index is 2.14. The highest BCUT2D eigenvalue weighted by molar-refractivity contribution is 14.1. The van der Waals surface area contributed by atoms with Crippen molar-refractivity contribution in [3.8, 4) is 0 Å². The van der Waals surface area contributed by atoms with Gasteiger partial charge in [0.2, 0.25) is 0 Å². The summed E-state index contributed by atoms with van der Waals surface area (Å²) in [6, 6.07) is 11.1. The van der Waals surface area contributed by atoms with Gasteiger partial charge in [0.15, 0.2) is 0 Å². The average Bonchev–Trinajstić information content (AvgIpc) is 2.33. The smallest absolute Gasteiger partial charge is 0.124 e. The van der Waals surface area contributed by atoms with Crippen LogP contribution in [0.3, 0.4) is 0 Å². The second kappa shape index (κ2) is 5.69. The molecular weight excluding hydrogens is 340 g/mol. The van der Waals surface area contributed by atoms with Gasteiger partial charge in [-0.2, -0.15) is 0 Å². The Morgan fingerprint density at radius 2 is 1.94 bits per heavy atom. The molecule has 0 fully saturated rings. The van der Waals surface area contributed by atoms with Gasteiger partial charge in [0.1, 0.15) is 5.82 Å². The SMILES string of the molecule is Cc1cccc(CNc2ccc(F)cc2I)c1C. The van der Waals surface area contributed by atoms with Crippen molar-refractivity contribution in [1.82, 2.24) is 0 Å². The van der Waals surface area contributed by atoms with Crippen LogP contribution in [0.25, 0.3) is 0 Å². The van der Waals surface area contributed by atoms with Crippen LogP contribution in [0.4, 0.5) is 10.1 Å². The van der Waals surface area contributed by atoms with E-state index in [2.05, 4.69) is 60.0 Å². The highest BCUT2D eigenvalue weighted by Crippen LogP contribution is 2.21. The van der Waals surface area contributed by atoms with Crippen LogP contribution in [-0.2, 0) is 6.54 Å². The normalized spacial score (nSPS) is 10.4. The minimum atomic E-state index is -0.198. The Morgan fingerprint density at radius 1 is 1.17 bits per heavy atom. The lowest BCUT2D eigenvalue weighted by Gasteiger charge is -2.12. The maximum absolute atomic E-state index is 13.0. The third-order valence-electron chi connectivity index (χ3n) is 3.12. The number of halogens is 2. The summed E-state index contributed by atoms with van der Waals surface area (Å²) in [7, 11) is 0. The highest BCUT2D eigenvalue weighted by Gasteiger charge is 2.03. The van der Waals surface area contributed by atoms with E-state index in [9.17, 15) is 4.39 Å². The highest BCUT2D eigenvalue weighted by atomic mass is 127. The molecule has 0 unspecified atom stereocenters. The van der Waals surface area contributed by atoms with Crippen LogP contribution >= 0.6 is 22.6 Å². The summed E-state index contributed by atoms with van der Waals surface area (Å²) in [5.74, 6) is -0.198. The summed E-state index contributed by atoms with van der Waals surface area (Å²) in [5.41, 5.74) is 4.85. The van der Waals surface area contributed by atoms with E-state index in [1.807, 2.05) is 0 Å². The third-order valence-corrected chi connectivity index (χ3v) is 4.01. The molecule has 2 aromatic rings. The molecule has 0 amide bonds. The first-order valence-corrected chi connectivity index (χ1v) is 6.90. The first-order chi connectivity index (χ1) is 8.58. The number of hydrogen-bond donors (Lipinski definition) is 1. The second-order valence-electron chi connectivity index (χ2n) is 4.34. The minimum absolute atomic E-state index is 0.198. The van der Waals surface area contributed by atoms with Crippen LogP contribution in [0, 0.1) is 23.2 Å². The molecule has 0 saturated carbocycles. The lowest BCUT2D eigenvalue weighted by molar-refractivity contribution is 0.627. The summed E-state index contributed by atoms with van der Waals surface area (Å²) in [6.45, 7) is 5.00. The molecule has 0 aliphatic carbocycles. The Morgan fingerprint density at radius 3 is 2.67 bits per heavy atom. The molecule has 3 heteroatoms. The summed E-state index contributed by atoms with van der Waals surface area (Å²) < 4.78 is 13.9. The van der Waals surface area contributed by atoms with Crippen molar-refractivity contribution in [3.05, 3.63) is 62.5 Å². The van der Waals surface area contributed by atoms with Crippen LogP contribution in [0.1, 0.15) is 16.7 Å². The van der Waals surface area contributed by atoms with Crippen molar-refractivity contribution in [2.45, 2.75) is 20.4 Å². The van der Waals surface area contributed by atoms with Crippen LogP contribution in [0.2, 0.25) is 0 Å². The molecule has 0 aromatic heterocycles. The molecule has 1 nitrogen and oxygen atoms in total. The van der Waals surface area contributed by atoms with Crippen LogP contribution < -0.4 is 5.32 Å². The summed E-state index contributed by atoms with van der Waals surface area (Å²) >= 11 is 2.14. The number of aryl methyl sites for hydroxylation is 1. The van der Waals surface area contributed by atoms with E-state index in [0.717, 1.165) is 15.8 Å². The number of rotatable bonds is 3. The maximum Gasteiger partial charge on any atom is 0.124 e. The van der Waals surface area contributed by atoms with Gasteiger partial charge < -0.3 is 5.32 Å². The van der Waals surface area contributed by atoms with E-state index in [4.69, 9.17) is 0 Å². The van der Waals surface area contributed by atoms with Crippen molar-refractivity contribution < 1.29 is 4.39 Å². The van der Waals surface area contributed by atoms with Gasteiger partial charge in [0, 0.05) is 15.8 Å². The van der Waals surface area contributed by atoms with Gasteiger partial charge >= 0.3 is 0 Å². The first kappa shape index (κ1) is 13.3. The van der Waals surface area contributed by atoms with E-state index in [1.54, 1.807) is 6.07 Å². The monoisotopic (exact) mass is 355 g/mol. The van der Waals surface area contributed by atoms with E-state index >= 15 is 0 Å². The fraction of sp³-hybridized carbons (Fsp3) is 0.200. The molecule has 0 atom stereocenters. The van der Waals surface area contributed by atoms with Crippen molar-refractivity contribution in [2.75, 3.05) is 5.32 Å². The zero-order valence-electron chi connectivity index (χ0n) is 10.4. The minimum Gasteiger partial charge on any atom is -0.380 e. The van der Waals surface area contributed by atoms with Gasteiger partial charge in [-0.05, 0) is 71.3 Å². The first-order valence-electron chi connectivity index (χ1n) is 5.82. The largest absolute Gasteiger partial charge is 0.380 e. The second-order valence-corrected chi connectivity index (χ2v) is 5.50. The van der Waals surface area contributed by atoms with Crippen molar-refractivity contribution >= 4 is 28.3 Å². The molecule has 0 heterocycles. The van der Waals surface area contributed by atoms with Crippen LogP contribution in [-0.4, -0.2) is 0 Å². The van der Waals surface area contributed by atoms with E-state index in [0.29, 0.717) is 0 Å². The van der Waals surface area contributed by atoms with E-state index in [-0.39, 0.29) is 5.82 Å². The molecule has 0 bridgehead atoms. The lowest BCUT2D eigenvalue weighted by atomic mass is 10.0. The standard InChI is InChI=1S/C15H15FIN/c1-10-4-3-5-12(11(10)2)9-18-15-7-6-13(16)8-14(15)17/h3-8,18H,9H2,1-2H3. The van der Waals surface area contributed by atoms with Crippen molar-refractivity contribution in [2.24, 2.45) is 0 Å². The molecule has 0 spiro atoms. The molecule has 2 rings (SSSR count). The van der Waals surface area contributed by atoms with Crippen LogP contribution in [0.5, 0.6) is 0 Å². The van der Waals surface area contributed by atoms with Gasteiger partial charge in [0.25, 0.3) is 0 Å². The summed E-state index contributed by atoms with van der Waals surface area (Å²) in [6.07, 6.45) is 0. The summed E-state index contributed by atoms with van der Waals surface area (Å²) in [4.78, 5) is 0. The Bertz CT molecular complexity index is 566. The molecule has 0 radical (unpaired) electrons. The van der Waals surface area contributed by atoms with Crippen molar-refractivity contribution in [3.63, 3.8) is 0 Å². The van der Waals surface area contributed by atoms with E-state index < -0.39 is 0 Å². The Hall–Kier alpha value is -1.10. The average molecular weight is 355 g/mol. The molecule has 0 saturated heterocycles. The van der Waals surface area contributed by atoms with E-state index in [1.165, 1.54) is 28.8 Å². The quantitative estimate of drug-likeness (QED) is 0.790. The predicted molar refractivity (Wildman–Crippen MR) is 82.4 cm³/mol. The zero-order chi connectivity index (χ0) is 13.1. The Labute approximate surface area is 121 Å². The molecule has 0 aliphatic heterocycles. The van der Waals surface area contributed by atoms with Crippen molar-refractivity contribution in [1.29, 1.82) is 0 Å². The van der Waals surface area contributed by atoms with Crippen LogP contribution in [0.15, 0.2) is 36.4 Å². The molecule has 18 heavy (non-hydrogen) atoms. The van der Waals surface area contributed by atoms with Gasteiger partial charge in [-0.25, -0.2) is 4.39 Å². The molecule has 2 aromatic carbocycles. The number of hydrogen-bond acceptors (Lipinski definition) is 1. The van der Waals surface area contributed by atoms with Gasteiger partial charge in [0.05, 0.1) is 0 Å². The lowest BCUT2D eigenvalue weighted by Crippen LogP contribution is -2.03. The number of nitrogens with one attached hydrogen (secondary N) is 1.